The normalized spacial score (nSPS) is 16.9. The molecule has 2 heterocycles. The van der Waals surface area contributed by atoms with Crippen molar-refractivity contribution in [3.63, 3.8) is 0 Å². The van der Waals surface area contributed by atoms with E-state index in [1.807, 2.05) is 13.0 Å². The van der Waals surface area contributed by atoms with Gasteiger partial charge in [0.25, 0.3) is 0 Å². The van der Waals surface area contributed by atoms with Gasteiger partial charge in [-0.25, -0.2) is 4.98 Å². The zero-order valence-electron chi connectivity index (χ0n) is 11.2. The lowest BCUT2D eigenvalue weighted by Gasteiger charge is -2.30. The molecule has 1 fully saturated rings. The van der Waals surface area contributed by atoms with Crippen LogP contribution in [0.15, 0.2) is 6.07 Å². The van der Waals surface area contributed by atoms with Crippen LogP contribution in [-0.4, -0.2) is 40.8 Å². The van der Waals surface area contributed by atoms with Crippen molar-refractivity contribution in [2.24, 2.45) is 0 Å². The molecule has 1 aromatic rings. The first-order valence-electron chi connectivity index (χ1n) is 6.71. The van der Waals surface area contributed by atoms with Gasteiger partial charge in [0.05, 0.1) is 6.10 Å². The number of aryl methyl sites for hydroxylation is 1. The lowest BCUT2D eigenvalue weighted by molar-refractivity contribution is 0.145. The fourth-order valence-corrected chi connectivity index (χ4v) is 2.12. The van der Waals surface area contributed by atoms with E-state index in [-0.39, 0.29) is 6.10 Å². The first-order chi connectivity index (χ1) is 8.69. The summed E-state index contributed by atoms with van der Waals surface area (Å²) in [6.07, 6.45) is 2.55. The molecule has 0 spiro atoms. The monoisotopic (exact) mass is 250 g/mol. The van der Waals surface area contributed by atoms with Crippen LogP contribution in [0.1, 0.15) is 31.9 Å². The van der Waals surface area contributed by atoms with Crippen LogP contribution in [0.2, 0.25) is 0 Å². The van der Waals surface area contributed by atoms with E-state index in [2.05, 4.69) is 27.1 Å². The summed E-state index contributed by atoms with van der Waals surface area (Å²) >= 11 is 0. The molecule has 0 aliphatic carbocycles. The van der Waals surface area contributed by atoms with Crippen molar-refractivity contribution in [2.75, 3.05) is 29.9 Å². The maximum Gasteiger partial charge on any atom is 0.224 e. The van der Waals surface area contributed by atoms with Crippen molar-refractivity contribution in [1.29, 1.82) is 0 Å². The number of hydrogen-bond acceptors (Lipinski definition) is 5. The quantitative estimate of drug-likeness (QED) is 0.849. The zero-order chi connectivity index (χ0) is 13.0. The highest BCUT2D eigenvalue weighted by molar-refractivity contribution is 5.45. The van der Waals surface area contributed by atoms with E-state index in [0.29, 0.717) is 5.95 Å². The van der Waals surface area contributed by atoms with Gasteiger partial charge in [-0.05, 0) is 26.2 Å². The van der Waals surface area contributed by atoms with Crippen LogP contribution in [-0.2, 0) is 0 Å². The fourth-order valence-electron chi connectivity index (χ4n) is 2.12. The molecule has 1 aromatic heterocycles. The molecular weight excluding hydrogens is 228 g/mol. The van der Waals surface area contributed by atoms with E-state index in [1.165, 1.54) is 0 Å². The van der Waals surface area contributed by atoms with Crippen LogP contribution >= 0.6 is 0 Å². The number of aromatic nitrogens is 2. The maximum atomic E-state index is 9.53. The number of aliphatic hydroxyl groups is 1. The Bertz CT molecular complexity index is 389. The molecule has 1 saturated heterocycles. The molecule has 0 unspecified atom stereocenters. The van der Waals surface area contributed by atoms with Gasteiger partial charge in [-0.15, -0.1) is 0 Å². The van der Waals surface area contributed by atoms with E-state index >= 15 is 0 Å². The molecule has 1 aliphatic rings. The van der Waals surface area contributed by atoms with Crippen LogP contribution in [0, 0.1) is 6.92 Å². The van der Waals surface area contributed by atoms with E-state index in [1.54, 1.807) is 0 Å². The van der Waals surface area contributed by atoms with E-state index in [4.69, 9.17) is 0 Å². The lowest BCUT2D eigenvalue weighted by atomic mass is 10.1. The lowest BCUT2D eigenvalue weighted by Crippen LogP contribution is -2.36. The number of nitrogens with zero attached hydrogens (tertiary/aromatic N) is 3. The topological polar surface area (TPSA) is 61.3 Å². The maximum absolute atomic E-state index is 9.53. The Morgan fingerprint density at radius 1 is 1.39 bits per heavy atom. The highest BCUT2D eigenvalue weighted by atomic mass is 16.3. The summed E-state index contributed by atoms with van der Waals surface area (Å²) in [5.41, 5.74) is 0.977. The molecule has 0 bridgehead atoms. The first-order valence-corrected chi connectivity index (χ1v) is 6.71. The Balaban J connectivity index is 2.09. The number of rotatable bonds is 4. The van der Waals surface area contributed by atoms with E-state index in [0.717, 1.165) is 50.4 Å². The number of anilines is 2. The number of piperidine rings is 1. The Labute approximate surface area is 108 Å². The minimum atomic E-state index is -0.151. The third-order valence-corrected chi connectivity index (χ3v) is 3.16. The van der Waals surface area contributed by atoms with Gasteiger partial charge >= 0.3 is 0 Å². The molecule has 18 heavy (non-hydrogen) atoms. The minimum absolute atomic E-state index is 0.151. The van der Waals surface area contributed by atoms with Gasteiger partial charge < -0.3 is 15.3 Å². The molecule has 0 aromatic carbocycles. The molecular formula is C13H22N4O. The average molecular weight is 250 g/mol. The summed E-state index contributed by atoms with van der Waals surface area (Å²) in [6, 6.07) is 2.01. The van der Waals surface area contributed by atoms with Gasteiger partial charge in [0, 0.05) is 31.4 Å². The van der Waals surface area contributed by atoms with Crippen LogP contribution in [0.3, 0.4) is 0 Å². The number of nitrogens with one attached hydrogen (secondary N) is 1. The largest absolute Gasteiger partial charge is 0.393 e. The molecule has 5 nitrogen and oxygen atoms in total. The molecule has 0 radical (unpaired) electrons. The summed E-state index contributed by atoms with van der Waals surface area (Å²) < 4.78 is 0. The van der Waals surface area contributed by atoms with E-state index in [9.17, 15) is 5.11 Å². The Kier molecular flexibility index (Phi) is 4.36. The minimum Gasteiger partial charge on any atom is -0.393 e. The van der Waals surface area contributed by atoms with Gasteiger partial charge in [-0.2, -0.15) is 4.98 Å². The third kappa shape index (κ3) is 3.32. The summed E-state index contributed by atoms with van der Waals surface area (Å²) in [5.74, 6) is 1.67. The molecule has 2 rings (SSSR count). The van der Waals surface area contributed by atoms with Crippen LogP contribution < -0.4 is 10.2 Å². The van der Waals surface area contributed by atoms with Crippen LogP contribution in [0.25, 0.3) is 0 Å². The van der Waals surface area contributed by atoms with Gasteiger partial charge in [0.1, 0.15) is 5.82 Å². The van der Waals surface area contributed by atoms with Crippen molar-refractivity contribution < 1.29 is 5.11 Å². The SMILES string of the molecule is CCCNc1nc(C)cc(N2CCC(O)CC2)n1. The molecule has 2 N–H and O–H groups in total. The summed E-state index contributed by atoms with van der Waals surface area (Å²) in [4.78, 5) is 11.1. The van der Waals surface area contributed by atoms with Crippen molar-refractivity contribution in [1.82, 2.24) is 9.97 Å². The predicted molar refractivity (Wildman–Crippen MR) is 73.0 cm³/mol. The van der Waals surface area contributed by atoms with Gasteiger partial charge in [-0.3, -0.25) is 0 Å². The average Bonchev–Trinajstić information content (AvgIpc) is 2.36. The zero-order valence-corrected chi connectivity index (χ0v) is 11.2. The van der Waals surface area contributed by atoms with Gasteiger partial charge in [-0.1, -0.05) is 6.92 Å². The van der Waals surface area contributed by atoms with E-state index < -0.39 is 0 Å². The smallest absolute Gasteiger partial charge is 0.224 e. The molecule has 100 valence electrons. The highest BCUT2D eigenvalue weighted by Gasteiger charge is 2.18. The Hall–Kier alpha value is -1.36. The third-order valence-electron chi connectivity index (χ3n) is 3.16. The fraction of sp³-hybridized carbons (Fsp3) is 0.692. The Morgan fingerprint density at radius 3 is 2.78 bits per heavy atom. The first kappa shape index (κ1) is 13.1. The van der Waals surface area contributed by atoms with Crippen molar-refractivity contribution >= 4 is 11.8 Å². The van der Waals surface area contributed by atoms with Gasteiger partial charge in [0.2, 0.25) is 5.95 Å². The van der Waals surface area contributed by atoms with Crippen LogP contribution in [0.5, 0.6) is 0 Å². The molecule has 1 aliphatic heterocycles. The Morgan fingerprint density at radius 2 is 2.11 bits per heavy atom. The molecule has 0 atom stereocenters. The second-order valence-electron chi connectivity index (χ2n) is 4.84. The number of hydrogen-bond donors (Lipinski definition) is 2. The molecule has 0 amide bonds. The van der Waals surface area contributed by atoms with Crippen molar-refractivity contribution in [2.45, 2.75) is 39.2 Å². The summed E-state index contributed by atoms with van der Waals surface area (Å²) in [7, 11) is 0. The van der Waals surface area contributed by atoms with Crippen molar-refractivity contribution in [3.8, 4) is 0 Å². The van der Waals surface area contributed by atoms with Gasteiger partial charge in [0.15, 0.2) is 0 Å². The molecule has 5 heteroatoms. The second-order valence-corrected chi connectivity index (χ2v) is 4.84. The second kappa shape index (κ2) is 6.00. The highest BCUT2D eigenvalue weighted by Crippen LogP contribution is 2.19. The standard InChI is InChI=1S/C13H22N4O/c1-3-6-14-13-15-10(2)9-12(16-13)17-7-4-11(18)5-8-17/h9,11,18H,3-8H2,1-2H3,(H,14,15,16). The summed E-state index contributed by atoms with van der Waals surface area (Å²) in [6.45, 7) is 6.73. The summed E-state index contributed by atoms with van der Waals surface area (Å²) in [5, 5.41) is 12.8. The van der Waals surface area contributed by atoms with Crippen molar-refractivity contribution in [3.05, 3.63) is 11.8 Å². The number of aliphatic hydroxyl groups excluding tert-OH is 1. The van der Waals surface area contributed by atoms with Crippen LogP contribution in [0.4, 0.5) is 11.8 Å². The predicted octanol–water partition coefficient (Wildman–Crippen LogP) is 1.57. The molecule has 0 saturated carbocycles.